The van der Waals surface area contributed by atoms with Crippen molar-refractivity contribution in [3.05, 3.63) is 28.8 Å². The minimum absolute atomic E-state index is 0. The van der Waals surface area contributed by atoms with Crippen molar-refractivity contribution in [2.45, 2.75) is 39.5 Å². The van der Waals surface area contributed by atoms with Gasteiger partial charge in [0, 0.05) is 36.8 Å². The molecule has 2 N–H and O–H groups in total. The zero-order valence-corrected chi connectivity index (χ0v) is 19.3. The van der Waals surface area contributed by atoms with Crippen molar-refractivity contribution in [1.29, 1.82) is 0 Å². The Balaban J connectivity index is 0.00000196. The predicted octanol–water partition coefficient (Wildman–Crippen LogP) is 4.46. The fourth-order valence-corrected chi connectivity index (χ4v) is 4.46. The lowest BCUT2D eigenvalue weighted by molar-refractivity contribution is -0.122. The van der Waals surface area contributed by atoms with E-state index in [4.69, 9.17) is 11.6 Å². The molecule has 28 heavy (non-hydrogen) atoms. The molecular formula is C21H34Cl3N3O. The number of nitrogens with one attached hydrogen (secondary N) is 2. The second-order valence-corrected chi connectivity index (χ2v) is 8.56. The summed E-state index contributed by atoms with van der Waals surface area (Å²) in [7, 11) is 0. The monoisotopic (exact) mass is 449 g/mol. The number of halogens is 3. The van der Waals surface area contributed by atoms with E-state index >= 15 is 0 Å². The van der Waals surface area contributed by atoms with Crippen LogP contribution in [0, 0.1) is 24.7 Å². The van der Waals surface area contributed by atoms with E-state index in [1.807, 2.05) is 6.07 Å². The highest BCUT2D eigenvalue weighted by Gasteiger charge is 2.25. The third-order valence-corrected chi connectivity index (χ3v) is 6.27. The van der Waals surface area contributed by atoms with Gasteiger partial charge >= 0.3 is 0 Å². The molecule has 4 nitrogen and oxygen atoms in total. The molecule has 0 aromatic heterocycles. The van der Waals surface area contributed by atoms with Crippen LogP contribution in [-0.4, -0.2) is 38.6 Å². The number of piperidine rings is 1. The second-order valence-electron chi connectivity index (χ2n) is 8.12. The van der Waals surface area contributed by atoms with Crippen LogP contribution in [-0.2, 0) is 4.79 Å². The summed E-state index contributed by atoms with van der Waals surface area (Å²) in [5.74, 6) is 1.82. The summed E-state index contributed by atoms with van der Waals surface area (Å²) in [5, 5.41) is 7.41. The van der Waals surface area contributed by atoms with Gasteiger partial charge in [0.05, 0.1) is 0 Å². The quantitative estimate of drug-likeness (QED) is 0.672. The van der Waals surface area contributed by atoms with Gasteiger partial charge < -0.3 is 15.5 Å². The average Bonchev–Trinajstić information content (AvgIpc) is 3.11. The molecule has 0 aliphatic carbocycles. The summed E-state index contributed by atoms with van der Waals surface area (Å²) < 4.78 is 0. The summed E-state index contributed by atoms with van der Waals surface area (Å²) >= 11 is 6.16. The first kappa shape index (κ1) is 25.4. The highest BCUT2D eigenvalue weighted by atomic mass is 35.5. The van der Waals surface area contributed by atoms with Crippen molar-refractivity contribution in [2.24, 2.45) is 17.8 Å². The Bertz CT molecular complexity index is 623. The number of carbonyl (C=O) groups excluding carboxylic acids is 1. The molecule has 160 valence electrons. The van der Waals surface area contributed by atoms with E-state index in [0.29, 0.717) is 24.2 Å². The number of nitrogens with zero attached hydrogens (tertiary/aromatic N) is 1. The van der Waals surface area contributed by atoms with Crippen LogP contribution >= 0.6 is 36.4 Å². The average molecular weight is 451 g/mol. The first-order chi connectivity index (χ1) is 12.5. The minimum Gasteiger partial charge on any atom is -0.371 e. The van der Waals surface area contributed by atoms with E-state index in [2.05, 4.69) is 41.5 Å². The standard InChI is InChI=1S/C21H32ClN3O.2ClH/c1-15-5-6-19(22)11-20(15)25-9-7-17(14-25)12-24-21(26)10-16(2)18-4-3-8-23-13-18;;/h5-6,11,16-18,23H,3-4,7-10,12-14H2,1-2H3,(H,24,26);2*1H. The zero-order valence-electron chi connectivity index (χ0n) is 16.9. The summed E-state index contributed by atoms with van der Waals surface area (Å²) in [4.78, 5) is 14.7. The first-order valence-electron chi connectivity index (χ1n) is 10.0. The van der Waals surface area contributed by atoms with Gasteiger partial charge in [0.15, 0.2) is 0 Å². The van der Waals surface area contributed by atoms with E-state index < -0.39 is 0 Å². The topological polar surface area (TPSA) is 44.4 Å². The third kappa shape index (κ3) is 6.98. The van der Waals surface area contributed by atoms with Gasteiger partial charge in [-0.3, -0.25) is 4.79 Å². The summed E-state index contributed by atoms with van der Waals surface area (Å²) in [6.07, 6.45) is 4.25. The number of hydrogen-bond acceptors (Lipinski definition) is 3. The number of carbonyl (C=O) groups is 1. The van der Waals surface area contributed by atoms with E-state index in [-0.39, 0.29) is 30.7 Å². The largest absolute Gasteiger partial charge is 0.371 e. The molecule has 2 aliphatic rings. The van der Waals surface area contributed by atoms with Gasteiger partial charge in [-0.05, 0) is 74.7 Å². The SMILES string of the molecule is Cc1ccc(Cl)cc1N1CCC(CNC(=O)CC(C)C2CCCNC2)C1.Cl.Cl. The molecule has 3 unspecified atom stereocenters. The van der Waals surface area contributed by atoms with Crippen molar-refractivity contribution in [3.63, 3.8) is 0 Å². The third-order valence-electron chi connectivity index (χ3n) is 6.03. The number of rotatable bonds is 6. The Morgan fingerprint density at radius 2 is 2.14 bits per heavy atom. The van der Waals surface area contributed by atoms with Crippen LogP contribution in [0.1, 0.15) is 38.2 Å². The van der Waals surface area contributed by atoms with E-state index in [1.165, 1.54) is 24.1 Å². The Morgan fingerprint density at radius 3 is 2.86 bits per heavy atom. The van der Waals surface area contributed by atoms with Crippen molar-refractivity contribution in [3.8, 4) is 0 Å². The highest BCUT2D eigenvalue weighted by Crippen LogP contribution is 2.29. The smallest absolute Gasteiger partial charge is 0.220 e. The van der Waals surface area contributed by atoms with E-state index in [1.54, 1.807) is 0 Å². The molecule has 2 fully saturated rings. The molecule has 2 heterocycles. The van der Waals surface area contributed by atoms with Crippen molar-refractivity contribution in [1.82, 2.24) is 10.6 Å². The van der Waals surface area contributed by atoms with Crippen LogP contribution in [0.5, 0.6) is 0 Å². The first-order valence-corrected chi connectivity index (χ1v) is 10.4. The van der Waals surface area contributed by atoms with E-state index in [0.717, 1.165) is 44.2 Å². The normalized spacial score (nSPS) is 22.8. The molecule has 0 bridgehead atoms. The Morgan fingerprint density at radius 1 is 1.36 bits per heavy atom. The lowest BCUT2D eigenvalue weighted by Gasteiger charge is -2.28. The van der Waals surface area contributed by atoms with Crippen LogP contribution in [0.3, 0.4) is 0 Å². The molecule has 0 saturated carbocycles. The fourth-order valence-electron chi connectivity index (χ4n) is 4.30. The van der Waals surface area contributed by atoms with E-state index in [9.17, 15) is 4.79 Å². The van der Waals surface area contributed by atoms with Gasteiger partial charge in [-0.25, -0.2) is 0 Å². The molecule has 3 rings (SSSR count). The van der Waals surface area contributed by atoms with Gasteiger partial charge in [-0.2, -0.15) is 0 Å². The molecule has 7 heteroatoms. The van der Waals surface area contributed by atoms with Gasteiger partial charge in [-0.1, -0.05) is 24.6 Å². The number of benzene rings is 1. The van der Waals surface area contributed by atoms with Gasteiger partial charge in [0.25, 0.3) is 0 Å². The lowest BCUT2D eigenvalue weighted by Crippen LogP contribution is -2.36. The van der Waals surface area contributed by atoms with Crippen LogP contribution in [0.4, 0.5) is 5.69 Å². The van der Waals surface area contributed by atoms with Crippen molar-refractivity contribution in [2.75, 3.05) is 37.6 Å². The maximum atomic E-state index is 12.3. The molecule has 2 saturated heterocycles. The number of aryl methyl sites for hydroxylation is 1. The molecule has 1 aromatic rings. The minimum atomic E-state index is 0. The number of anilines is 1. The van der Waals surface area contributed by atoms with Crippen LogP contribution in [0.15, 0.2) is 18.2 Å². The number of hydrogen-bond donors (Lipinski definition) is 2. The second kappa shape index (κ2) is 12.1. The van der Waals surface area contributed by atoms with Crippen LogP contribution in [0.2, 0.25) is 5.02 Å². The number of amides is 1. The summed E-state index contributed by atoms with van der Waals surface area (Å²) in [5.41, 5.74) is 2.48. The summed E-state index contributed by atoms with van der Waals surface area (Å²) in [6, 6.07) is 6.07. The molecule has 2 aliphatic heterocycles. The zero-order chi connectivity index (χ0) is 18.5. The summed E-state index contributed by atoms with van der Waals surface area (Å²) in [6.45, 7) is 9.34. The van der Waals surface area contributed by atoms with Crippen molar-refractivity contribution >= 4 is 48.0 Å². The maximum absolute atomic E-state index is 12.3. The van der Waals surface area contributed by atoms with Gasteiger partial charge in [0.1, 0.15) is 0 Å². The maximum Gasteiger partial charge on any atom is 0.220 e. The lowest BCUT2D eigenvalue weighted by atomic mass is 9.85. The molecule has 1 amide bonds. The Labute approximate surface area is 187 Å². The van der Waals surface area contributed by atoms with Gasteiger partial charge in [-0.15, -0.1) is 24.8 Å². The van der Waals surface area contributed by atoms with Crippen LogP contribution in [0.25, 0.3) is 0 Å². The molecule has 0 spiro atoms. The van der Waals surface area contributed by atoms with Crippen LogP contribution < -0.4 is 15.5 Å². The van der Waals surface area contributed by atoms with Crippen molar-refractivity contribution < 1.29 is 4.79 Å². The Kier molecular flexibility index (Phi) is 11.0. The highest BCUT2D eigenvalue weighted by molar-refractivity contribution is 6.30. The molecule has 3 atom stereocenters. The Hall–Kier alpha value is -0.680. The molecule has 1 aromatic carbocycles. The molecule has 0 radical (unpaired) electrons. The molecular weight excluding hydrogens is 417 g/mol. The fraction of sp³-hybridized carbons (Fsp3) is 0.667. The predicted molar refractivity (Wildman–Crippen MR) is 123 cm³/mol. The van der Waals surface area contributed by atoms with Gasteiger partial charge in [0.2, 0.25) is 5.91 Å².